The Morgan fingerprint density at radius 2 is 2.14 bits per heavy atom. The minimum Gasteiger partial charge on any atom is -0.360 e. The summed E-state index contributed by atoms with van der Waals surface area (Å²) in [5.74, 6) is 2.60. The molecule has 0 saturated carbocycles. The van der Waals surface area contributed by atoms with Crippen molar-refractivity contribution in [2.75, 3.05) is 13.1 Å². The van der Waals surface area contributed by atoms with Crippen molar-refractivity contribution in [1.29, 1.82) is 0 Å². The number of likely N-dealkylation sites (tertiary alicyclic amines) is 1. The number of carbonyl (C=O) groups is 2. The number of hydrogen-bond donors (Lipinski definition) is 0. The fourth-order valence-electron chi connectivity index (χ4n) is 5.65. The van der Waals surface area contributed by atoms with E-state index in [4.69, 9.17) is 16.1 Å². The minimum atomic E-state index is 0.172. The van der Waals surface area contributed by atoms with Crippen LogP contribution in [0.3, 0.4) is 0 Å². The molecule has 29 heavy (non-hydrogen) atoms. The second-order valence-corrected chi connectivity index (χ2v) is 9.86. The summed E-state index contributed by atoms with van der Waals surface area (Å²) in [7, 11) is 0. The Morgan fingerprint density at radius 1 is 1.34 bits per heavy atom. The number of aryl methyl sites for hydroxylation is 1. The first-order valence-corrected chi connectivity index (χ1v) is 11.5. The van der Waals surface area contributed by atoms with Gasteiger partial charge in [0.25, 0.3) is 0 Å². The molecule has 0 aliphatic carbocycles. The van der Waals surface area contributed by atoms with E-state index in [1.54, 1.807) is 6.07 Å². The first-order chi connectivity index (χ1) is 13.9. The lowest BCUT2D eigenvalue weighted by Crippen LogP contribution is -2.65. The molecule has 6 nitrogen and oxygen atoms in total. The Labute approximate surface area is 177 Å². The van der Waals surface area contributed by atoms with Crippen LogP contribution in [0, 0.1) is 17.8 Å². The highest BCUT2D eigenvalue weighted by atomic mass is 35.5. The van der Waals surface area contributed by atoms with Crippen LogP contribution in [0.2, 0.25) is 5.15 Å². The lowest BCUT2D eigenvalue weighted by atomic mass is 9.70. The molecule has 7 heteroatoms. The maximum absolute atomic E-state index is 13.0. The Hall–Kier alpha value is -1.56. The molecule has 3 aliphatic heterocycles. The molecule has 1 aromatic heterocycles. The van der Waals surface area contributed by atoms with Crippen LogP contribution in [0.25, 0.3) is 0 Å². The lowest BCUT2D eigenvalue weighted by molar-refractivity contribution is -0.156. The monoisotopic (exact) mass is 421 g/mol. The van der Waals surface area contributed by atoms with Gasteiger partial charge in [0, 0.05) is 50.5 Å². The molecule has 0 radical (unpaired) electrons. The molecule has 0 aromatic carbocycles. The molecule has 1 aromatic rings. The van der Waals surface area contributed by atoms with Gasteiger partial charge in [-0.1, -0.05) is 30.6 Å². The summed E-state index contributed by atoms with van der Waals surface area (Å²) in [5.41, 5.74) is 0. The summed E-state index contributed by atoms with van der Waals surface area (Å²) in [6.45, 7) is 6.03. The highest BCUT2D eigenvalue weighted by Crippen LogP contribution is 2.43. The summed E-state index contributed by atoms with van der Waals surface area (Å²) in [6, 6.07) is 2.27. The fourth-order valence-corrected chi connectivity index (χ4v) is 5.81. The number of nitrogens with zero attached hydrogens (tertiary/aromatic N) is 3. The zero-order valence-corrected chi connectivity index (χ0v) is 18.2. The predicted octanol–water partition coefficient (Wildman–Crippen LogP) is 3.92. The van der Waals surface area contributed by atoms with Crippen LogP contribution in [-0.4, -0.2) is 51.9 Å². The van der Waals surface area contributed by atoms with Crippen LogP contribution in [0.1, 0.15) is 64.6 Å². The molecule has 4 rings (SSSR count). The molecule has 0 unspecified atom stereocenters. The van der Waals surface area contributed by atoms with E-state index in [-0.39, 0.29) is 11.9 Å². The number of rotatable bonds is 6. The third-order valence-corrected chi connectivity index (χ3v) is 7.18. The molecule has 0 N–H and O–H groups in total. The van der Waals surface area contributed by atoms with Crippen LogP contribution in [0.4, 0.5) is 0 Å². The standard InChI is InChI=1S/C22H32ClN3O3/c1-14(2)6-8-19-16-10-15(18-4-3-5-22(28)26(18)19)12-25(13-16)21(27)9-7-17-11-20(23)24-29-17/h11,14-16,18-19H,3-10,12-13H2,1-2H3/t15-,16+,18+,19+/m1/s1. The number of carbonyl (C=O) groups excluding carboxylic acids is 2. The number of amides is 2. The van der Waals surface area contributed by atoms with Crippen molar-refractivity contribution in [1.82, 2.24) is 15.0 Å². The van der Waals surface area contributed by atoms with E-state index in [1.165, 1.54) is 0 Å². The van der Waals surface area contributed by atoms with Crippen LogP contribution >= 0.6 is 11.6 Å². The molecular weight excluding hydrogens is 390 g/mol. The van der Waals surface area contributed by atoms with Gasteiger partial charge in [-0.3, -0.25) is 9.59 Å². The molecule has 0 spiro atoms. The van der Waals surface area contributed by atoms with Gasteiger partial charge in [0.15, 0.2) is 5.15 Å². The predicted molar refractivity (Wildman–Crippen MR) is 110 cm³/mol. The van der Waals surface area contributed by atoms with E-state index in [2.05, 4.69) is 28.8 Å². The number of piperidine rings is 3. The first-order valence-electron chi connectivity index (χ1n) is 11.1. The van der Waals surface area contributed by atoms with Gasteiger partial charge in [-0.15, -0.1) is 0 Å². The van der Waals surface area contributed by atoms with Crippen LogP contribution in [-0.2, 0) is 16.0 Å². The van der Waals surface area contributed by atoms with Crippen molar-refractivity contribution in [3.05, 3.63) is 17.0 Å². The molecular formula is C22H32ClN3O3. The van der Waals surface area contributed by atoms with Crippen molar-refractivity contribution in [3.63, 3.8) is 0 Å². The smallest absolute Gasteiger partial charge is 0.223 e. The van der Waals surface area contributed by atoms with Gasteiger partial charge in [-0.25, -0.2) is 0 Å². The van der Waals surface area contributed by atoms with E-state index >= 15 is 0 Å². The summed E-state index contributed by atoms with van der Waals surface area (Å²) < 4.78 is 5.13. The zero-order chi connectivity index (χ0) is 20.5. The van der Waals surface area contributed by atoms with Gasteiger partial charge < -0.3 is 14.3 Å². The first kappa shape index (κ1) is 20.7. The van der Waals surface area contributed by atoms with E-state index in [9.17, 15) is 9.59 Å². The molecule has 4 heterocycles. The summed E-state index contributed by atoms with van der Waals surface area (Å²) in [5, 5.41) is 4.01. The Morgan fingerprint density at radius 3 is 2.86 bits per heavy atom. The van der Waals surface area contributed by atoms with Crippen LogP contribution in [0.15, 0.2) is 10.6 Å². The molecule has 2 amide bonds. The Bertz CT molecular complexity index is 749. The molecule has 160 valence electrons. The van der Waals surface area contributed by atoms with Crippen molar-refractivity contribution in [2.45, 2.75) is 77.3 Å². The normalized spacial score (nSPS) is 29.3. The third kappa shape index (κ3) is 4.47. The molecule has 4 atom stereocenters. The highest BCUT2D eigenvalue weighted by molar-refractivity contribution is 6.29. The maximum atomic E-state index is 13.0. The van der Waals surface area contributed by atoms with Gasteiger partial charge in [0.1, 0.15) is 5.76 Å². The van der Waals surface area contributed by atoms with E-state index in [0.29, 0.717) is 59.9 Å². The number of aromatic nitrogens is 1. The maximum Gasteiger partial charge on any atom is 0.223 e. The number of fused-ring (bicyclic) bond motifs is 4. The Balaban J connectivity index is 1.45. The van der Waals surface area contributed by atoms with Crippen molar-refractivity contribution in [3.8, 4) is 0 Å². The Kier molecular flexibility index (Phi) is 6.19. The quantitative estimate of drug-likeness (QED) is 0.698. The van der Waals surface area contributed by atoms with Gasteiger partial charge in [-0.2, -0.15) is 0 Å². The van der Waals surface area contributed by atoms with Crippen molar-refractivity contribution in [2.24, 2.45) is 17.8 Å². The zero-order valence-electron chi connectivity index (χ0n) is 17.5. The summed E-state index contributed by atoms with van der Waals surface area (Å²) >= 11 is 5.80. The van der Waals surface area contributed by atoms with Gasteiger partial charge in [-0.05, 0) is 49.9 Å². The van der Waals surface area contributed by atoms with Gasteiger partial charge in [0.05, 0.1) is 0 Å². The molecule has 3 aliphatic rings. The second kappa shape index (κ2) is 8.66. The van der Waals surface area contributed by atoms with Crippen LogP contribution < -0.4 is 0 Å². The SMILES string of the molecule is CC(C)CC[C@H]1[C@H]2C[C@H](CN(C(=O)CCc3cc(Cl)no3)C2)[C@@H]2CCCC(=O)N21. The van der Waals surface area contributed by atoms with E-state index in [1.807, 2.05) is 0 Å². The van der Waals surface area contributed by atoms with Gasteiger partial charge >= 0.3 is 0 Å². The minimum absolute atomic E-state index is 0.172. The van der Waals surface area contributed by atoms with Crippen LogP contribution in [0.5, 0.6) is 0 Å². The second-order valence-electron chi connectivity index (χ2n) is 9.47. The summed E-state index contributed by atoms with van der Waals surface area (Å²) in [4.78, 5) is 30.1. The topological polar surface area (TPSA) is 66.7 Å². The van der Waals surface area contributed by atoms with Crippen molar-refractivity contribution >= 4 is 23.4 Å². The average molecular weight is 422 g/mol. The number of hydrogen-bond acceptors (Lipinski definition) is 4. The molecule has 3 fully saturated rings. The largest absolute Gasteiger partial charge is 0.360 e. The molecule has 2 bridgehead atoms. The third-order valence-electron chi connectivity index (χ3n) is 7.00. The van der Waals surface area contributed by atoms with E-state index < -0.39 is 0 Å². The molecule has 3 saturated heterocycles. The highest BCUT2D eigenvalue weighted by Gasteiger charge is 2.49. The number of halogens is 1. The lowest BCUT2D eigenvalue weighted by Gasteiger charge is -2.57. The average Bonchev–Trinajstić information content (AvgIpc) is 3.11. The fraction of sp³-hybridized carbons (Fsp3) is 0.773. The van der Waals surface area contributed by atoms with Crippen molar-refractivity contribution < 1.29 is 14.1 Å². The van der Waals surface area contributed by atoms with Gasteiger partial charge in [0.2, 0.25) is 11.8 Å². The summed E-state index contributed by atoms with van der Waals surface area (Å²) in [6.07, 6.45) is 7.02. The van der Waals surface area contributed by atoms with E-state index in [0.717, 1.165) is 45.2 Å².